The van der Waals surface area contributed by atoms with Gasteiger partial charge in [-0.1, -0.05) is 0 Å². The number of carbonyl (C=O) groups is 4. The first-order valence-electron chi connectivity index (χ1n) is 4.61. The van der Waals surface area contributed by atoms with Crippen molar-refractivity contribution in [1.82, 2.24) is 0 Å². The summed E-state index contributed by atoms with van der Waals surface area (Å²) in [5.41, 5.74) is 0. The average Bonchev–Trinajstić information content (AvgIpc) is 2.09. The molecule has 0 aliphatic rings. The molecule has 0 fully saturated rings. The van der Waals surface area contributed by atoms with E-state index >= 15 is 0 Å². The molecule has 0 aliphatic heterocycles. The van der Waals surface area contributed by atoms with Gasteiger partial charge < -0.3 is 0 Å². The Morgan fingerprint density at radius 2 is 0.812 bits per heavy atom. The summed E-state index contributed by atoms with van der Waals surface area (Å²) in [4.78, 5) is 52.8. The highest BCUT2D eigenvalue weighted by molar-refractivity contribution is 6.04. The highest BCUT2D eigenvalue weighted by Crippen LogP contribution is 2.03. The molecule has 0 unspecified atom stereocenters. The zero-order valence-corrected chi connectivity index (χ0v) is 9.60. The number of rotatable bonds is 7. The van der Waals surface area contributed by atoms with Gasteiger partial charge in [0.05, 0.1) is 0 Å². The van der Waals surface area contributed by atoms with Gasteiger partial charge in [0, 0.05) is 0 Å². The number of carbonyl (C=O) groups excluding carboxylic acids is 4. The number of Topliss-reactive ketones (excluding diaryl/α,β-unsaturated/α-hetero) is 4. The van der Waals surface area contributed by atoms with Crippen LogP contribution in [0.15, 0.2) is 0 Å². The van der Waals surface area contributed by atoms with Gasteiger partial charge in [0.25, 0.3) is 0 Å². The summed E-state index contributed by atoms with van der Waals surface area (Å²) in [6.45, 7) is 4.58. The third-order valence-electron chi connectivity index (χ3n) is 1.72. The van der Waals surface area contributed by atoms with Crippen molar-refractivity contribution in [2.75, 3.05) is 0 Å². The van der Waals surface area contributed by atoms with Crippen molar-refractivity contribution in [2.45, 2.75) is 39.9 Å². The Kier molecular flexibility index (Phi) is 5.69. The predicted molar refractivity (Wildman–Crippen MR) is 52.5 cm³/mol. The molecule has 0 aliphatic carbocycles. The van der Waals surface area contributed by atoms with E-state index in [0.717, 1.165) is 27.7 Å². The van der Waals surface area contributed by atoms with E-state index in [1.165, 1.54) is 0 Å². The molecule has 0 N–H and O–H groups in total. The maximum absolute atomic E-state index is 10.9. The second kappa shape index (κ2) is 6.24. The molecule has 0 amide bonds. The minimum atomic E-state index is -1.40. The summed E-state index contributed by atoms with van der Waals surface area (Å²) in [5, 5.41) is 0. The normalized spacial score (nSPS) is 10.6. The Morgan fingerprint density at radius 1 is 0.625 bits per heavy atom. The molecular weight excluding hydrogens is 216 g/mol. The fourth-order valence-corrected chi connectivity index (χ4v) is 0.955. The largest absolute Gasteiger partial charge is 0.296 e. The van der Waals surface area contributed by atoms with Crippen LogP contribution in [0.2, 0.25) is 0 Å². The van der Waals surface area contributed by atoms with Crippen LogP contribution in [-0.2, 0) is 29.0 Å². The van der Waals surface area contributed by atoms with Crippen LogP contribution in [0.3, 0.4) is 0 Å². The van der Waals surface area contributed by atoms with Crippen molar-refractivity contribution in [3.63, 3.8) is 0 Å². The fourth-order valence-electron chi connectivity index (χ4n) is 0.955. The monoisotopic (exact) mass is 230 g/mol. The van der Waals surface area contributed by atoms with Gasteiger partial charge in [0.1, 0.15) is 0 Å². The summed E-state index contributed by atoms with van der Waals surface area (Å²) < 4.78 is 0. The molecule has 0 aromatic rings. The Labute approximate surface area is 92.8 Å². The minimum absolute atomic E-state index is 0.557. The van der Waals surface area contributed by atoms with Crippen LogP contribution in [0.1, 0.15) is 27.7 Å². The van der Waals surface area contributed by atoms with Crippen molar-refractivity contribution in [3.8, 4) is 0 Å². The minimum Gasteiger partial charge on any atom is -0.296 e. The molecule has 0 saturated heterocycles. The number of hydrogen-bond acceptors (Lipinski definition) is 6. The first-order chi connectivity index (χ1) is 7.27. The van der Waals surface area contributed by atoms with Crippen LogP contribution in [0.4, 0.5) is 0 Å². The van der Waals surface area contributed by atoms with Gasteiger partial charge >= 0.3 is 0 Å². The highest BCUT2D eigenvalue weighted by Gasteiger charge is 2.27. The van der Waals surface area contributed by atoms with E-state index in [4.69, 9.17) is 0 Å². The molecular formula is C10H14O6. The zero-order chi connectivity index (χ0) is 12.9. The van der Waals surface area contributed by atoms with Gasteiger partial charge in [-0.2, -0.15) is 0 Å². The molecule has 0 rings (SSSR count). The van der Waals surface area contributed by atoms with Crippen molar-refractivity contribution in [1.29, 1.82) is 0 Å². The van der Waals surface area contributed by atoms with Crippen LogP contribution in [-0.4, -0.2) is 35.3 Å². The molecule has 0 saturated carbocycles. The maximum atomic E-state index is 10.9. The maximum Gasteiger partial charge on any atom is 0.208 e. The van der Waals surface area contributed by atoms with E-state index in [0.29, 0.717) is 0 Å². The molecule has 0 radical (unpaired) electrons. The van der Waals surface area contributed by atoms with E-state index in [-0.39, 0.29) is 0 Å². The quantitative estimate of drug-likeness (QED) is 0.348. The smallest absolute Gasteiger partial charge is 0.208 e. The van der Waals surface area contributed by atoms with Crippen molar-refractivity contribution >= 4 is 23.1 Å². The van der Waals surface area contributed by atoms with Crippen molar-refractivity contribution in [3.05, 3.63) is 0 Å². The molecule has 90 valence electrons. The van der Waals surface area contributed by atoms with Crippen LogP contribution in [0.25, 0.3) is 0 Å². The lowest BCUT2D eigenvalue weighted by Gasteiger charge is -2.14. The molecule has 6 nitrogen and oxygen atoms in total. The standard InChI is InChI=1S/C10H14O6/c1-5(11)9(6(2)12)15-16-10(7(3)13)8(4)14/h9-10H,1-4H3. The van der Waals surface area contributed by atoms with Gasteiger partial charge in [-0.25, -0.2) is 9.78 Å². The molecule has 0 aromatic heterocycles. The first kappa shape index (κ1) is 14.6. The van der Waals surface area contributed by atoms with Crippen LogP contribution in [0, 0.1) is 0 Å². The predicted octanol–water partition coefficient (Wildman–Crippen LogP) is 0.0278. The number of ketones is 4. The average molecular weight is 230 g/mol. The molecule has 0 atom stereocenters. The Bertz CT molecular complexity index is 259. The lowest BCUT2D eigenvalue weighted by molar-refractivity contribution is -0.320. The van der Waals surface area contributed by atoms with E-state index in [1.807, 2.05) is 0 Å². The first-order valence-corrected chi connectivity index (χ1v) is 4.61. The summed E-state index contributed by atoms with van der Waals surface area (Å²) in [7, 11) is 0. The topological polar surface area (TPSA) is 86.7 Å². The molecule has 0 bridgehead atoms. The van der Waals surface area contributed by atoms with Crippen LogP contribution < -0.4 is 0 Å². The molecule has 0 aromatic carbocycles. The van der Waals surface area contributed by atoms with Gasteiger partial charge in [-0.05, 0) is 27.7 Å². The fraction of sp³-hybridized carbons (Fsp3) is 0.600. The lowest BCUT2D eigenvalue weighted by atomic mass is 10.2. The Morgan fingerprint density at radius 3 is 0.938 bits per heavy atom. The van der Waals surface area contributed by atoms with E-state index in [9.17, 15) is 19.2 Å². The summed E-state index contributed by atoms with van der Waals surface area (Å²) in [6.07, 6.45) is -2.80. The van der Waals surface area contributed by atoms with Gasteiger partial charge in [0.15, 0.2) is 23.1 Å². The van der Waals surface area contributed by atoms with Crippen molar-refractivity contribution in [2.24, 2.45) is 0 Å². The molecule has 16 heavy (non-hydrogen) atoms. The van der Waals surface area contributed by atoms with Gasteiger partial charge in [-0.15, -0.1) is 0 Å². The Hall–Kier alpha value is -1.40. The van der Waals surface area contributed by atoms with Crippen molar-refractivity contribution < 1.29 is 29.0 Å². The van der Waals surface area contributed by atoms with E-state index in [2.05, 4.69) is 9.78 Å². The van der Waals surface area contributed by atoms with E-state index in [1.54, 1.807) is 0 Å². The van der Waals surface area contributed by atoms with Gasteiger partial charge in [-0.3, -0.25) is 19.2 Å². The van der Waals surface area contributed by atoms with Crippen LogP contribution >= 0.6 is 0 Å². The second-order valence-electron chi connectivity index (χ2n) is 3.40. The molecule has 0 spiro atoms. The SMILES string of the molecule is CC(=O)C(OOC(C(C)=O)C(C)=O)C(C)=O. The Balaban J connectivity index is 4.50. The highest BCUT2D eigenvalue weighted by atomic mass is 17.2. The van der Waals surface area contributed by atoms with Gasteiger partial charge in [0.2, 0.25) is 12.2 Å². The third kappa shape index (κ3) is 4.41. The molecule has 0 heterocycles. The summed E-state index contributed by atoms with van der Waals surface area (Å²) in [6, 6.07) is 0. The summed E-state index contributed by atoms with van der Waals surface area (Å²) >= 11 is 0. The second-order valence-corrected chi connectivity index (χ2v) is 3.40. The van der Waals surface area contributed by atoms with Crippen LogP contribution in [0.5, 0.6) is 0 Å². The third-order valence-corrected chi connectivity index (χ3v) is 1.72. The number of hydrogen-bond donors (Lipinski definition) is 0. The summed E-state index contributed by atoms with van der Waals surface area (Å²) in [5.74, 6) is -2.23. The lowest BCUT2D eigenvalue weighted by Crippen LogP contribution is -2.36. The molecule has 6 heteroatoms. The zero-order valence-electron chi connectivity index (χ0n) is 9.60. The van der Waals surface area contributed by atoms with E-state index < -0.39 is 35.3 Å².